The highest BCUT2D eigenvalue weighted by molar-refractivity contribution is 5.65. The SMILES string of the molecule is CC(OC(N)=O)c1ccc(-c2nc(C(F)(F)F)cn2C)cc1. The van der Waals surface area contributed by atoms with Gasteiger partial charge in [0.25, 0.3) is 0 Å². The second kappa shape index (κ2) is 5.70. The Hall–Kier alpha value is -2.51. The van der Waals surface area contributed by atoms with Crippen molar-refractivity contribution >= 4 is 6.09 Å². The van der Waals surface area contributed by atoms with Crippen molar-refractivity contribution in [1.82, 2.24) is 9.55 Å². The van der Waals surface area contributed by atoms with Crippen molar-refractivity contribution in [2.75, 3.05) is 0 Å². The maximum atomic E-state index is 12.7. The smallest absolute Gasteiger partial charge is 0.434 e. The molecule has 0 spiro atoms. The van der Waals surface area contributed by atoms with Gasteiger partial charge in [0.2, 0.25) is 0 Å². The molecule has 2 aromatic rings. The molecule has 0 saturated carbocycles. The minimum atomic E-state index is -4.49. The van der Waals surface area contributed by atoms with Crippen LogP contribution in [-0.4, -0.2) is 15.6 Å². The van der Waals surface area contributed by atoms with Gasteiger partial charge >= 0.3 is 12.3 Å². The predicted molar refractivity (Wildman–Crippen MR) is 72.7 cm³/mol. The van der Waals surface area contributed by atoms with Gasteiger partial charge in [-0.1, -0.05) is 24.3 Å². The lowest BCUT2D eigenvalue weighted by Gasteiger charge is -2.12. The highest BCUT2D eigenvalue weighted by Gasteiger charge is 2.34. The van der Waals surface area contributed by atoms with Crippen LogP contribution in [0.25, 0.3) is 11.4 Å². The Morgan fingerprint density at radius 1 is 1.32 bits per heavy atom. The third-order valence-corrected chi connectivity index (χ3v) is 3.10. The monoisotopic (exact) mass is 313 g/mol. The molecule has 1 amide bonds. The van der Waals surface area contributed by atoms with Crippen LogP contribution >= 0.6 is 0 Å². The van der Waals surface area contributed by atoms with Crippen LogP contribution in [0.3, 0.4) is 0 Å². The first-order valence-electron chi connectivity index (χ1n) is 6.35. The summed E-state index contributed by atoms with van der Waals surface area (Å²) in [4.78, 5) is 14.3. The van der Waals surface area contributed by atoms with E-state index in [4.69, 9.17) is 10.5 Å². The molecular weight excluding hydrogens is 299 g/mol. The van der Waals surface area contributed by atoms with E-state index in [1.54, 1.807) is 31.2 Å². The number of carbonyl (C=O) groups excluding carboxylic acids is 1. The Kier molecular flexibility index (Phi) is 4.11. The number of rotatable bonds is 3. The maximum Gasteiger partial charge on any atom is 0.434 e. The van der Waals surface area contributed by atoms with Gasteiger partial charge in [0.1, 0.15) is 11.9 Å². The fourth-order valence-electron chi connectivity index (χ4n) is 2.02. The standard InChI is InChI=1S/C14H14F3N3O2/c1-8(22-13(18)21)9-3-5-10(6-4-9)12-19-11(7-20(12)2)14(15,16)17/h3-8H,1-2H3,(H2,18,21). The second-order valence-corrected chi connectivity index (χ2v) is 4.76. The zero-order valence-corrected chi connectivity index (χ0v) is 11.9. The van der Waals surface area contributed by atoms with Crippen LogP contribution in [0.4, 0.5) is 18.0 Å². The van der Waals surface area contributed by atoms with Crippen LogP contribution in [-0.2, 0) is 18.0 Å². The number of aryl methyl sites for hydroxylation is 1. The summed E-state index contributed by atoms with van der Waals surface area (Å²) in [6, 6.07) is 6.51. The van der Waals surface area contributed by atoms with Crippen LogP contribution in [0.15, 0.2) is 30.5 Å². The highest BCUT2D eigenvalue weighted by Crippen LogP contribution is 2.31. The number of amides is 1. The van der Waals surface area contributed by atoms with Crippen molar-refractivity contribution < 1.29 is 22.7 Å². The average molecular weight is 313 g/mol. The van der Waals surface area contributed by atoms with Crippen molar-refractivity contribution in [3.05, 3.63) is 41.7 Å². The van der Waals surface area contributed by atoms with E-state index in [9.17, 15) is 18.0 Å². The average Bonchev–Trinajstić information content (AvgIpc) is 2.80. The zero-order valence-electron chi connectivity index (χ0n) is 11.9. The Labute approximate surface area is 124 Å². The molecule has 118 valence electrons. The van der Waals surface area contributed by atoms with Gasteiger partial charge in [-0.2, -0.15) is 13.2 Å². The number of alkyl halides is 3. The van der Waals surface area contributed by atoms with Gasteiger partial charge in [-0.3, -0.25) is 0 Å². The molecule has 1 heterocycles. The molecule has 0 saturated heterocycles. The minimum absolute atomic E-state index is 0.197. The van der Waals surface area contributed by atoms with E-state index in [1.165, 1.54) is 11.6 Å². The van der Waals surface area contributed by atoms with Gasteiger partial charge in [0.05, 0.1) is 0 Å². The molecule has 0 aliphatic rings. The van der Waals surface area contributed by atoms with Gasteiger partial charge in [0, 0.05) is 18.8 Å². The summed E-state index contributed by atoms with van der Waals surface area (Å²) in [5.41, 5.74) is 5.18. The Balaban J connectivity index is 2.28. The number of ether oxygens (including phenoxy) is 1. The molecule has 22 heavy (non-hydrogen) atoms. The number of imidazole rings is 1. The van der Waals surface area contributed by atoms with E-state index in [1.807, 2.05) is 0 Å². The summed E-state index contributed by atoms with van der Waals surface area (Å²) < 4.78 is 44.1. The molecule has 1 aromatic heterocycles. The van der Waals surface area contributed by atoms with E-state index in [-0.39, 0.29) is 5.82 Å². The van der Waals surface area contributed by atoms with Crippen molar-refractivity contribution in [2.24, 2.45) is 12.8 Å². The lowest BCUT2D eigenvalue weighted by molar-refractivity contribution is -0.140. The fourth-order valence-corrected chi connectivity index (χ4v) is 2.02. The Morgan fingerprint density at radius 2 is 1.91 bits per heavy atom. The molecule has 0 bridgehead atoms. The minimum Gasteiger partial charge on any atom is -0.442 e. The number of nitrogens with zero attached hydrogens (tertiary/aromatic N) is 2. The van der Waals surface area contributed by atoms with Gasteiger partial charge in [-0.05, 0) is 12.5 Å². The predicted octanol–water partition coefficient (Wildman–Crippen LogP) is 3.26. The Bertz CT molecular complexity index is 678. The summed E-state index contributed by atoms with van der Waals surface area (Å²) in [6.45, 7) is 1.64. The molecule has 1 atom stereocenters. The number of nitrogens with two attached hydrogens (primary N) is 1. The molecule has 8 heteroatoms. The summed E-state index contributed by atoms with van der Waals surface area (Å²) >= 11 is 0. The third-order valence-electron chi connectivity index (χ3n) is 3.10. The number of primary amides is 1. The maximum absolute atomic E-state index is 12.7. The zero-order chi connectivity index (χ0) is 16.5. The quantitative estimate of drug-likeness (QED) is 0.945. The van der Waals surface area contributed by atoms with E-state index in [2.05, 4.69) is 4.98 Å². The summed E-state index contributed by atoms with van der Waals surface area (Å²) in [6.07, 6.45) is -4.99. The van der Waals surface area contributed by atoms with Gasteiger partial charge in [-0.15, -0.1) is 0 Å². The van der Waals surface area contributed by atoms with Crippen LogP contribution in [0, 0.1) is 0 Å². The summed E-state index contributed by atoms with van der Waals surface area (Å²) in [5.74, 6) is 0.197. The molecule has 0 fully saturated rings. The first-order chi connectivity index (χ1) is 10.2. The molecule has 0 aliphatic heterocycles. The second-order valence-electron chi connectivity index (χ2n) is 4.76. The molecule has 1 aromatic carbocycles. The summed E-state index contributed by atoms with van der Waals surface area (Å²) in [5, 5.41) is 0. The van der Waals surface area contributed by atoms with Crippen LogP contribution < -0.4 is 5.73 Å². The lowest BCUT2D eigenvalue weighted by atomic mass is 10.1. The van der Waals surface area contributed by atoms with Crippen molar-refractivity contribution in [3.63, 3.8) is 0 Å². The number of benzene rings is 1. The molecule has 2 N–H and O–H groups in total. The van der Waals surface area contributed by atoms with E-state index >= 15 is 0 Å². The lowest BCUT2D eigenvalue weighted by Crippen LogP contribution is -2.15. The Morgan fingerprint density at radius 3 is 2.36 bits per heavy atom. The molecule has 1 unspecified atom stereocenters. The normalized spacial score (nSPS) is 13.0. The van der Waals surface area contributed by atoms with E-state index in [0.29, 0.717) is 11.1 Å². The van der Waals surface area contributed by atoms with E-state index < -0.39 is 24.1 Å². The number of halogens is 3. The fraction of sp³-hybridized carbons (Fsp3) is 0.286. The highest BCUT2D eigenvalue weighted by atomic mass is 19.4. The number of carbonyl (C=O) groups is 1. The van der Waals surface area contributed by atoms with Crippen LogP contribution in [0.1, 0.15) is 24.3 Å². The topological polar surface area (TPSA) is 70.1 Å². The number of hydrogen-bond acceptors (Lipinski definition) is 3. The molecule has 0 aliphatic carbocycles. The first-order valence-corrected chi connectivity index (χ1v) is 6.35. The van der Waals surface area contributed by atoms with Crippen LogP contribution in [0.5, 0.6) is 0 Å². The van der Waals surface area contributed by atoms with Crippen LogP contribution in [0.2, 0.25) is 0 Å². The first kappa shape index (κ1) is 15.9. The van der Waals surface area contributed by atoms with Crippen molar-refractivity contribution in [1.29, 1.82) is 0 Å². The van der Waals surface area contributed by atoms with Crippen molar-refractivity contribution in [2.45, 2.75) is 19.2 Å². The number of aromatic nitrogens is 2. The van der Waals surface area contributed by atoms with E-state index in [0.717, 1.165) is 6.20 Å². The molecule has 0 radical (unpaired) electrons. The van der Waals surface area contributed by atoms with Gasteiger partial charge in [0.15, 0.2) is 5.69 Å². The van der Waals surface area contributed by atoms with Gasteiger partial charge < -0.3 is 15.0 Å². The molecule has 5 nitrogen and oxygen atoms in total. The number of hydrogen-bond donors (Lipinski definition) is 1. The molecular formula is C14H14F3N3O2. The molecule has 2 rings (SSSR count). The van der Waals surface area contributed by atoms with Crippen molar-refractivity contribution in [3.8, 4) is 11.4 Å². The largest absolute Gasteiger partial charge is 0.442 e. The van der Waals surface area contributed by atoms with Gasteiger partial charge in [-0.25, -0.2) is 9.78 Å². The summed E-state index contributed by atoms with van der Waals surface area (Å²) in [7, 11) is 1.49. The third kappa shape index (κ3) is 3.38.